The number of carbonyl (C=O) groups is 3. The Kier molecular flexibility index (Phi) is 10.7. The molecule has 15 heteroatoms. The van der Waals surface area contributed by atoms with Gasteiger partial charge in [0, 0.05) is 31.0 Å². The van der Waals surface area contributed by atoms with E-state index in [0.29, 0.717) is 19.2 Å². The molecular weight excluding hydrogens is 492 g/mol. The van der Waals surface area contributed by atoms with Gasteiger partial charge in [-0.3, -0.25) is 0 Å². The van der Waals surface area contributed by atoms with Crippen LogP contribution in [0.2, 0.25) is 0 Å². The monoisotopic (exact) mass is 520 g/mol. The standard InChI is InChI=1S/C18H22N6O3.C4H6O6/c1-12-13(11-27-18(25)23-16(19)20)3-2-4-15(12)14-9-21-17(22-10-14)24-5-7-26-8-6-24;5-1(3(7)8)2(6)4(9)10/h2-4,9-10H,5-8,11H2,1H3,(H4,19,20,23,25);1-2,5-6H,(H,7,8)(H,9,10)/t;1-,2-/m.1/s1. The maximum atomic E-state index is 11.5. The summed E-state index contributed by atoms with van der Waals surface area (Å²) in [7, 11) is 0. The smallest absolute Gasteiger partial charge is 0.437 e. The van der Waals surface area contributed by atoms with Crippen LogP contribution in [0.3, 0.4) is 0 Å². The number of hydrogen-bond acceptors (Lipinski definition) is 10. The predicted octanol–water partition coefficient (Wildman–Crippen LogP) is -0.924. The molecule has 8 N–H and O–H groups in total. The van der Waals surface area contributed by atoms with E-state index in [1.54, 1.807) is 12.4 Å². The Bertz CT molecular complexity index is 1100. The van der Waals surface area contributed by atoms with Gasteiger partial charge in [0.1, 0.15) is 6.61 Å². The number of aromatic nitrogens is 2. The van der Waals surface area contributed by atoms with Crippen LogP contribution < -0.4 is 16.4 Å². The molecule has 1 fully saturated rings. The third-order valence-corrected chi connectivity index (χ3v) is 5.07. The van der Waals surface area contributed by atoms with Crippen LogP contribution in [0.25, 0.3) is 11.1 Å². The summed E-state index contributed by atoms with van der Waals surface area (Å²) in [6, 6.07) is 5.75. The molecule has 2 aromatic rings. The van der Waals surface area contributed by atoms with E-state index < -0.39 is 30.2 Å². The molecule has 0 bridgehead atoms. The fourth-order valence-electron chi connectivity index (χ4n) is 3.09. The number of benzene rings is 1. The van der Waals surface area contributed by atoms with Crippen LogP contribution in [0.1, 0.15) is 11.1 Å². The maximum Gasteiger partial charge on any atom is 0.437 e. The zero-order valence-electron chi connectivity index (χ0n) is 19.9. The van der Waals surface area contributed by atoms with Gasteiger partial charge in [-0.25, -0.2) is 24.4 Å². The van der Waals surface area contributed by atoms with Gasteiger partial charge < -0.3 is 46.3 Å². The number of ether oxygens (including phenoxy) is 2. The number of morpholine rings is 1. The average Bonchev–Trinajstić information content (AvgIpc) is 2.87. The van der Waals surface area contributed by atoms with Crippen molar-refractivity contribution in [2.45, 2.75) is 25.7 Å². The second-order valence-corrected chi connectivity index (χ2v) is 7.62. The van der Waals surface area contributed by atoms with E-state index >= 15 is 0 Å². The summed E-state index contributed by atoms with van der Waals surface area (Å²) in [5.41, 5.74) is 14.0. The van der Waals surface area contributed by atoms with Gasteiger partial charge in [-0.05, 0) is 23.6 Å². The Morgan fingerprint density at radius 1 is 1.08 bits per heavy atom. The molecule has 0 saturated carbocycles. The number of aliphatic hydroxyl groups excluding tert-OH is 2. The summed E-state index contributed by atoms with van der Waals surface area (Å²) in [5, 5.41) is 32.5. The Labute approximate surface area is 211 Å². The summed E-state index contributed by atoms with van der Waals surface area (Å²) >= 11 is 0. The molecule has 0 unspecified atom stereocenters. The number of nitrogens with two attached hydrogens (primary N) is 2. The quantitative estimate of drug-likeness (QED) is 0.191. The largest absolute Gasteiger partial charge is 0.479 e. The van der Waals surface area contributed by atoms with Gasteiger partial charge in [-0.2, -0.15) is 0 Å². The normalized spacial score (nSPS) is 14.4. The summed E-state index contributed by atoms with van der Waals surface area (Å²) in [5.74, 6) is -3.17. The number of carboxylic acid groups (broad SMARTS) is 2. The van der Waals surface area contributed by atoms with Crippen LogP contribution in [-0.4, -0.2) is 92.9 Å². The third-order valence-electron chi connectivity index (χ3n) is 5.07. The first kappa shape index (κ1) is 28.9. The van der Waals surface area contributed by atoms with Crippen LogP contribution >= 0.6 is 0 Å². The first-order valence-electron chi connectivity index (χ1n) is 10.8. The number of carbonyl (C=O) groups excluding carboxylic acids is 1. The Morgan fingerprint density at radius 2 is 1.65 bits per heavy atom. The molecule has 1 aromatic carbocycles. The first-order valence-corrected chi connectivity index (χ1v) is 10.8. The van der Waals surface area contributed by atoms with Crippen molar-refractivity contribution in [1.29, 1.82) is 0 Å². The van der Waals surface area contributed by atoms with Crippen LogP contribution in [0, 0.1) is 6.92 Å². The molecule has 1 aromatic heterocycles. The van der Waals surface area contributed by atoms with Crippen molar-refractivity contribution in [2.75, 3.05) is 31.2 Å². The second kappa shape index (κ2) is 13.7. The van der Waals surface area contributed by atoms with Crippen molar-refractivity contribution >= 4 is 29.9 Å². The van der Waals surface area contributed by atoms with E-state index in [1.165, 1.54) is 0 Å². The highest BCUT2D eigenvalue weighted by Crippen LogP contribution is 2.26. The number of anilines is 1. The zero-order chi connectivity index (χ0) is 27.5. The van der Waals surface area contributed by atoms with Crippen LogP contribution in [0.15, 0.2) is 35.6 Å². The van der Waals surface area contributed by atoms with Gasteiger partial charge in [-0.15, -0.1) is 4.99 Å². The molecule has 15 nitrogen and oxygen atoms in total. The number of guanidine groups is 1. The van der Waals surface area contributed by atoms with Gasteiger partial charge in [0.05, 0.1) is 13.2 Å². The Balaban J connectivity index is 0.000000410. The van der Waals surface area contributed by atoms with Crippen LogP contribution in [-0.2, 0) is 25.7 Å². The summed E-state index contributed by atoms with van der Waals surface area (Å²) < 4.78 is 10.4. The lowest BCUT2D eigenvalue weighted by Crippen LogP contribution is -2.39. The third kappa shape index (κ3) is 8.68. The molecule has 1 aliphatic heterocycles. The molecule has 2 atom stereocenters. The molecule has 0 radical (unpaired) electrons. The van der Waals surface area contributed by atoms with Crippen molar-refractivity contribution in [3.63, 3.8) is 0 Å². The van der Waals surface area contributed by atoms with E-state index in [1.807, 2.05) is 25.1 Å². The highest BCUT2D eigenvalue weighted by Gasteiger charge is 2.29. The molecule has 0 spiro atoms. The van der Waals surface area contributed by atoms with Crippen molar-refractivity contribution in [2.24, 2.45) is 16.5 Å². The number of aliphatic imine (C=N–C) groups is 1. The molecule has 0 aliphatic carbocycles. The lowest BCUT2D eigenvalue weighted by atomic mass is 9.99. The summed E-state index contributed by atoms with van der Waals surface area (Å²) in [6.45, 7) is 4.97. The topological polar surface area (TPSA) is 244 Å². The number of aliphatic hydroxyl groups is 2. The van der Waals surface area contributed by atoms with Crippen LogP contribution in [0.5, 0.6) is 0 Å². The van der Waals surface area contributed by atoms with Crippen molar-refractivity contribution in [3.8, 4) is 11.1 Å². The van der Waals surface area contributed by atoms with Gasteiger partial charge in [-0.1, -0.05) is 18.2 Å². The molecule has 1 amide bonds. The molecule has 37 heavy (non-hydrogen) atoms. The predicted molar refractivity (Wildman–Crippen MR) is 129 cm³/mol. The molecule has 2 heterocycles. The number of hydrogen-bond donors (Lipinski definition) is 6. The minimum Gasteiger partial charge on any atom is -0.479 e. The highest BCUT2D eigenvalue weighted by molar-refractivity contribution is 5.87. The molecule has 1 aliphatic rings. The van der Waals surface area contributed by atoms with Crippen LogP contribution in [0.4, 0.5) is 10.7 Å². The zero-order valence-corrected chi connectivity index (χ0v) is 19.9. The SMILES string of the molecule is Cc1c(COC(=O)N=C(N)N)cccc1-c1cnc(N2CCOCC2)nc1.O=C(O)[C@H](O)[C@@H](O)C(=O)O. The molecule has 200 valence electrons. The van der Waals surface area contributed by atoms with E-state index in [9.17, 15) is 14.4 Å². The molecule has 1 saturated heterocycles. The van der Waals surface area contributed by atoms with Gasteiger partial charge in [0.15, 0.2) is 18.2 Å². The fraction of sp³-hybridized carbons (Fsp3) is 0.364. The minimum absolute atomic E-state index is 0.0714. The Morgan fingerprint density at radius 3 is 2.16 bits per heavy atom. The highest BCUT2D eigenvalue weighted by atomic mass is 16.5. The lowest BCUT2D eigenvalue weighted by Gasteiger charge is -2.26. The number of nitrogens with zero attached hydrogens (tertiary/aromatic N) is 4. The summed E-state index contributed by atoms with van der Waals surface area (Å²) in [4.78, 5) is 45.4. The lowest BCUT2D eigenvalue weighted by molar-refractivity contribution is -0.165. The number of rotatable bonds is 7. The average molecular weight is 520 g/mol. The number of carboxylic acids is 2. The van der Waals surface area contributed by atoms with Crippen molar-refractivity contribution in [1.82, 2.24) is 9.97 Å². The van der Waals surface area contributed by atoms with Gasteiger partial charge in [0.25, 0.3) is 0 Å². The maximum absolute atomic E-state index is 11.5. The first-order chi connectivity index (χ1) is 17.5. The van der Waals surface area contributed by atoms with Crippen molar-refractivity contribution < 1.29 is 44.3 Å². The van der Waals surface area contributed by atoms with Gasteiger partial charge in [0.2, 0.25) is 5.95 Å². The second-order valence-electron chi connectivity index (χ2n) is 7.62. The fourth-order valence-corrected chi connectivity index (χ4v) is 3.09. The van der Waals surface area contributed by atoms with E-state index in [2.05, 4.69) is 19.9 Å². The summed E-state index contributed by atoms with van der Waals surface area (Å²) in [6.07, 6.45) is -1.75. The van der Waals surface area contributed by atoms with E-state index in [-0.39, 0.29) is 12.6 Å². The number of aliphatic carboxylic acids is 2. The van der Waals surface area contributed by atoms with Gasteiger partial charge >= 0.3 is 18.0 Å². The van der Waals surface area contributed by atoms with Crippen molar-refractivity contribution in [3.05, 3.63) is 41.7 Å². The van der Waals surface area contributed by atoms with E-state index in [0.717, 1.165) is 35.3 Å². The van der Waals surface area contributed by atoms with E-state index in [4.69, 9.17) is 41.4 Å². The molecular formula is C22H28N6O9. The molecule has 3 rings (SSSR count). The Hall–Kier alpha value is -4.34. The number of amides is 1. The minimum atomic E-state index is -2.27.